The molecule has 3 nitrogen and oxygen atoms in total. The first-order valence-corrected chi connectivity index (χ1v) is 9.93. The average Bonchev–Trinajstić information content (AvgIpc) is 3.21. The highest BCUT2D eigenvalue weighted by atomic mass is 16.5. The van der Waals surface area contributed by atoms with Gasteiger partial charge in [-0.25, -0.2) is 0 Å². The van der Waals surface area contributed by atoms with Crippen LogP contribution in [0, 0.1) is 5.92 Å². The Morgan fingerprint density at radius 1 is 1.08 bits per heavy atom. The zero-order valence-electron chi connectivity index (χ0n) is 15.3. The molecule has 0 bridgehead atoms. The molecule has 2 fully saturated rings. The summed E-state index contributed by atoms with van der Waals surface area (Å²) in [5, 5.41) is 0. The summed E-state index contributed by atoms with van der Waals surface area (Å²) in [5.41, 5.74) is 3.09. The molecule has 0 amide bonds. The van der Waals surface area contributed by atoms with Gasteiger partial charge in [0.15, 0.2) is 0 Å². The molecule has 0 radical (unpaired) electrons. The van der Waals surface area contributed by atoms with E-state index in [0.717, 1.165) is 5.75 Å². The molecule has 3 unspecified atom stereocenters. The Balaban J connectivity index is 1.42. The molecular weight excluding hydrogens is 296 g/mol. The van der Waals surface area contributed by atoms with Crippen molar-refractivity contribution in [1.82, 2.24) is 9.80 Å². The molecule has 2 heterocycles. The van der Waals surface area contributed by atoms with Crippen molar-refractivity contribution < 1.29 is 4.74 Å². The second kappa shape index (κ2) is 7.05. The summed E-state index contributed by atoms with van der Waals surface area (Å²) >= 11 is 0. The van der Waals surface area contributed by atoms with E-state index in [0.29, 0.717) is 18.1 Å². The maximum atomic E-state index is 6.31. The third kappa shape index (κ3) is 3.34. The molecule has 1 aromatic rings. The molecule has 1 aliphatic carbocycles. The van der Waals surface area contributed by atoms with E-state index in [2.05, 4.69) is 42.0 Å². The lowest BCUT2D eigenvalue weighted by Crippen LogP contribution is -2.32. The van der Waals surface area contributed by atoms with Crippen LogP contribution >= 0.6 is 0 Å². The molecule has 2 aliphatic heterocycles. The van der Waals surface area contributed by atoms with Crippen LogP contribution in [-0.2, 0) is 6.42 Å². The van der Waals surface area contributed by atoms with Gasteiger partial charge >= 0.3 is 0 Å². The number of piperidine rings is 1. The molecule has 132 valence electrons. The van der Waals surface area contributed by atoms with Crippen LogP contribution in [-0.4, -0.2) is 49.1 Å². The van der Waals surface area contributed by atoms with Crippen molar-refractivity contribution in [2.45, 2.75) is 57.6 Å². The van der Waals surface area contributed by atoms with E-state index in [1.807, 2.05) is 0 Å². The molecule has 2 saturated heterocycles. The van der Waals surface area contributed by atoms with Crippen molar-refractivity contribution in [1.29, 1.82) is 0 Å². The number of nitrogens with zero attached hydrogens (tertiary/aromatic N) is 2. The Morgan fingerprint density at radius 3 is 2.67 bits per heavy atom. The van der Waals surface area contributed by atoms with Crippen molar-refractivity contribution in [3.8, 4) is 5.75 Å². The first-order valence-electron chi connectivity index (χ1n) is 9.93. The fraction of sp³-hybridized carbons (Fsp3) is 0.714. The predicted octanol–water partition coefficient (Wildman–Crippen LogP) is 3.88. The lowest BCUT2D eigenvalue weighted by Gasteiger charge is -2.32. The maximum Gasteiger partial charge on any atom is 0.120 e. The smallest absolute Gasteiger partial charge is 0.120 e. The lowest BCUT2D eigenvalue weighted by molar-refractivity contribution is 0.154. The number of hydrogen-bond donors (Lipinski definition) is 0. The molecule has 0 saturated carbocycles. The van der Waals surface area contributed by atoms with E-state index >= 15 is 0 Å². The normalized spacial score (nSPS) is 29.6. The fourth-order valence-electron chi connectivity index (χ4n) is 4.92. The van der Waals surface area contributed by atoms with E-state index in [9.17, 15) is 0 Å². The van der Waals surface area contributed by atoms with E-state index in [4.69, 9.17) is 4.74 Å². The van der Waals surface area contributed by atoms with Crippen LogP contribution in [0.1, 0.15) is 56.2 Å². The molecular formula is C21H32N2O. The van der Waals surface area contributed by atoms with Crippen LogP contribution < -0.4 is 4.74 Å². The van der Waals surface area contributed by atoms with E-state index in [1.165, 1.54) is 70.3 Å². The van der Waals surface area contributed by atoms with Crippen LogP contribution in [0.25, 0.3) is 0 Å². The summed E-state index contributed by atoms with van der Waals surface area (Å²) in [6, 6.07) is 7.56. The zero-order chi connectivity index (χ0) is 16.5. The first-order chi connectivity index (χ1) is 11.7. The van der Waals surface area contributed by atoms with Crippen molar-refractivity contribution in [2.24, 2.45) is 5.92 Å². The Hall–Kier alpha value is -1.06. The van der Waals surface area contributed by atoms with Crippen LogP contribution in [0.3, 0.4) is 0 Å². The number of ether oxygens (including phenoxy) is 1. The first kappa shape index (κ1) is 16.4. The lowest BCUT2D eigenvalue weighted by atomic mass is 10.0. The number of likely N-dealkylation sites (tertiary alicyclic amines) is 2. The molecule has 0 spiro atoms. The van der Waals surface area contributed by atoms with Gasteiger partial charge in [0, 0.05) is 18.5 Å². The topological polar surface area (TPSA) is 15.7 Å². The zero-order valence-corrected chi connectivity index (χ0v) is 15.3. The summed E-state index contributed by atoms with van der Waals surface area (Å²) in [6.07, 6.45) is 8.25. The second-order valence-electron chi connectivity index (χ2n) is 8.15. The molecule has 0 aromatic heterocycles. The van der Waals surface area contributed by atoms with Crippen LogP contribution in [0.4, 0.5) is 0 Å². The molecule has 3 atom stereocenters. The number of aryl methyl sites for hydroxylation is 1. The summed E-state index contributed by atoms with van der Waals surface area (Å²) in [6.45, 7) is 7.19. The van der Waals surface area contributed by atoms with Crippen molar-refractivity contribution in [3.63, 3.8) is 0 Å². The Labute approximate surface area is 147 Å². The van der Waals surface area contributed by atoms with Crippen LogP contribution in [0.15, 0.2) is 18.2 Å². The summed E-state index contributed by atoms with van der Waals surface area (Å²) in [7, 11) is 2.21. The van der Waals surface area contributed by atoms with Gasteiger partial charge in [-0.15, -0.1) is 0 Å². The number of hydrogen-bond acceptors (Lipinski definition) is 3. The van der Waals surface area contributed by atoms with Crippen molar-refractivity contribution >= 4 is 0 Å². The SMILES string of the molecule is CC(Oc1ccc2c(c1)CCC2N1CCCCC1)C1CCN(C)C1. The molecule has 4 rings (SSSR count). The highest BCUT2D eigenvalue weighted by Gasteiger charge is 2.30. The highest BCUT2D eigenvalue weighted by Crippen LogP contribution is 2.39. The van der Waals surface area contributed by atoms with Gasteiger partial charge in [-0.05, 0) is 89.0 Å². The minimum Gasteiger partial charge on any atom is -0.490 e. The van der Waals surface area contributed by atoms with Crippen molar-refractivity contribution in [3.05, 3.63) is 29.3 Å². The Bertz CT molecular complexity index is 567. The van der Waals surface area contributed by atoms with Gasteiger partial charge < -0.3 is 9.64 Å². The quantitative estimate of drug-likeness (QED) is 0.834. The summed E-state index contributed by atoms with van der Waals surface area (Å²) in [4.78, 5) is 5.13. The van der Waals surface area contributed by atoms with Gasteiger partial charge in [-0.1, -0.05) is 12.5 Å². The maximum absolute atomic E-state index is 6.31. The highest BCUT2D eigenvalue weighted by molar-refractivity contribution is 5.41. The Kier molecular flexibility index (Phi) is 4.82. The minimum absolute atomic E-state index is 0.312. The van der Waals surface area contributed by atoms with Crippen LogP contribution in [0.5, 0.6) is 5.75 Å². The molecule has 3 aliphatic rings. The van der Waals surface area contributed by atoms with E-state index in [1.54, 1.807) is 5.56 Å². The van der Waals surface area contributed by atoms with Gasteiger partial charge in [0.2, 0.25) is 0 Å². The standard InChI is InChI=1S/C21H32N2O/c1-16(18-10-13-22(2)15-18)24-19-7-8-20-17(14-19)6-9-21(20)23-11-4-3-5-12-23/h7-8,14,16,18,21H,3-6,9-13,15H2,1-2H3. The fourth-order valence-corrected chi connectivity index (χ4v) is 4.92. The van der Waals surface area contributed by atoms with E-state index in [-0.39, 0.29) is 0 Å². The van der Waals surface area contributed by atoms with E-state index < -0.39 is 0 Å². The van der Waals surface area contributed by atoms with Gasteiger partial charge in [0.25, 0.3) is 0 Å². The van der Waals surface area contributed by atoms with Gasteiger partial charge in [-0.2, -0.15) is 0 Å². The molecule has 3 heteroatoms. The Morgan fingerprint density at radius 2 is 1.92 bits per heavy atom. The number of rotatable bonds is 4. The third-order valence-corrected chi connectivity index (χ3v) is 6.41. The van der Waals surface area contributed by atoms with Crippen LogP contribution in [0.2, 0.25) is 0 Å². The van der Waals surface area contributed by atoms with Gasteiger partial charge in [-0.3, -0.25) is 4.90 Å². The van der Waals surface area contributed by atoms with Gasteiger partial charge in [0.1, 0.15) is 5.75 Å². The van der Waals surface area contributed by atoms with Crippen molar-refractivity contribution in [2.75, 3.05) is 33.2 Å². The molecule has 0 N–H and O–H groups in total. The largest absolute Gasteiger partial charge is 0.490 e. The number of benzene rings is 1. The monoisotopic (exact) mass is 328 g/mol. The third-order valence-electron chi connectivity index (χ3n) is 6.41. The minimum atomic E-state index is 0.312. The predicted molar refractivity (Wildman–Crippen MR) is 98.6 cm³/mol. The summed E-state index contributed by atoms with van der Waals surface area (Å²) in [5.74, 6) is 1.75. The molecule has 1 aromatic carbocycles. The summed E-state index contributed by atoms with van der Waals surface area (Å²) < 4.78 is 6.31. The molecule has 24 heavy (non-hydrogen) atoms. The average molecular weight is 329 g/mol. The second-order valence-corrected chi connectivity index (χ2v) is 8.15. The number of fused-ring (bicyclic) bond motifs is 1. The van der Waals surface area contributed by atoms with Gasteiger partial charge in [0.05, 0.1) is 6.10 Å².